The van der Waals surface area contributed by atoms with Gasteiger partial charge in [-0.1, -0.05) is 13.8 Å². The monoisotopic (exact) mass is 353 g/mol. The van der Waals surface area contributed by atoms with Crippen LogP contribution in [0.25, 0.3) is 0 Å². The van der Waals surface area contributed by atoms with Crippen LogP contribution in [0.5, 0.6) is 0 Å². The van der Waals surface area contributed by atoms with Crippen molar-refractivity contribution in [3.63, 3.8) is 0 Å². The molecule has 1 heterocycles. The van der Waals surface area contributed by atoms with E-state index in [4.69, 9.17) is 0 Å². The molecular formula is C18H28ClN3O2. The molecule has 24 heavy (non-hydrogen) atoms. The summed E-state index contributed by atoms with van der Waals surface area (Å²) in [5, 5.41) is 9.11. The van der Waals surface area contributed by atoms with Crippen LogP contribution < -0.4 is 16.0 Å². The van der Waals surface area contributed by atoms with Gasteiger partial charge in [0.15, 0.2) is 0 Å². The van der Waals surface area contributed by atoms with Gasteiger partial charge < -0.3 is 16.0 Å². The molecular weight excluding hydrogens is 326 g/mol. The molecule has 0 spiro atoms. The maximum absolute atomic E-state index is 12.4. The second-order valence-electron chi connectivity index (χ2n) is 6.89. The minimum atomic E-state index is -0.498. The minimum absolute atomic E-state index is 0. The van der Waals surface area contributed by atoms with Crippen LogP contribution in [0.2, 0.25) is 0 Å². The van der Waals surface area contributed by atoms with Gasteiger partial charge in [0.25, 0.3) is 0 Å². The lowest BCUT2D eigenvalue weighted by Gasteiger charge is -2.33. The average Bonchev–Trinajstić information content (AvgIpc) is 2.49. The average molecular weight is 354 g/mol. The highest BCUT2D eigenvalue weighted by atomic mass is 35.5. The van der Waals surface area contributed by atoms with Gasteiger partial charge in [0.05, 0.1) is 5.54 Å². The molecule has 1 fully saturated rings. The number of piperidine rings is 1. The number of carbonyl (C=O) groups is 2. The zero-order valence-electron chi connectivity index (χ0n) is 14.6. The van der Waals surface area contributed by atoms with E-state index >= 15 is 0 Å². The smallest absolute Gasteiger partial charge is 0.244 e. The fourth-order valence-corrected chi connectivity index (χ4v) is 2.74. The van der Waals surface area contributed by atoms with Crippen molar-refractivity contribution < 1.29 is 9.59 Å². The maximum atomic E-state index is 12.4. The highest BCUT2D eigenvalue weighted by molar-refractivity contribution is 5.98. The van der Waals surface area contributed by atoms with Crippen LogP contribution in [0.15, 0.2) is 24.3 Å². The summed E-state index contributed by atoms with van der Waals surface area (Å²) < 4.78 is 0. The molecule has 134 valence electrons. The molecule has 0 radical (unpaired) electrons. The van der Waals surface area contributed by atoms with E-state index in [1.807, 2.05) is 45.0 Å². The summed E-state index contributed by atoms with van der Waals surface area (Å²) in [6.45, 7) is 6.85. The number of benzene rings is 1. The van der Waals surface area contributed by atoms with Gasteiger partial charge in [-0.2, -0.15) is 0 Å². The lowest BCUT2D eigenvalue weighted by molar-refractivity contribution is -0.122. The van der Waals surface area contributed by atoms with Gasteiger partial charge >= 0.3 is 0 Å². The third-order valence-electron chi connectivity index (χ3n) is 4.14. The van der Waals surface area contributed by atoms with E-state index in [9.17, 15) is 9.59 Å². The Morgan fingerprint density at radius 3 is 2.21 bits per heavy atom. The Morgan fingerprint density at radius 2 is 1.71 bits per heavy atom. The van der Waals surface area contributed by atoms with Crippen LogP contribution in [0.1, 0.15) is 46.5 Å². The van der Waals surface area contributed by atoms with Gasteiger partial charge in [-0.05, 0) is 62.9 Å². The predicted molar refractivity (Wildman–Crippen MR) is 101 cm³/mol. The number of halogens is 1. The van der Waals surface area contributed by atoms with Crippen molar-refractivity contribution in [3.8, 4) is 0 Å². The topological polar surface area (TPSA) is 70.2 Å². The van der Waals surface area contributed by atoms with Crippen molar-refractivity contribution in [3.05, 3.63) is 24.3 Å². The van der Waals surface area contributed by atoms with E-state index in [0.29, 0.717) is 12.3 Å². The van der Waals surface area contributed by atoms with Crippen molar-refractivity contribution in [2.75, 3.05) is 17.2 Å². The first kappa shape index (κ1) is 20.5. The highest BCUT2D eigenvalue weighted by Gasteiger charge is 2.34. The number of hydrogen-bond acceptors (Lipinski definition) is 3. The molecule has 2 rings (SSSR count). The third kappa shape index (κ3) is 5.80. The minimum Gasteiger partial charge on any atom is -0.326 e. The Hall–Kier alpha value is -1.59. The van der Waals surface area contributed by atoms with Crippen molar-refractivity contribution in [2.24, 2.45) is 5.92 Å². The van der Waals surface area contributed by atoms with Gasteiger partial charge in [0.2, 0.25) is 11.8 Å². The first-order valence-electron chi connectivity index (χ1n) is 8.35. The number of carbonyl (C=O) groups excluding carboxylic acids is 2. The van der Waals surface area contributed by atoms with E-state index in [1.54, 1.807) is 0 Å². The van der Waals surface area contributed by atoms with Crippen LogP contribution in [0, 0.1) is 5.92 Å². The van der Waals surface area contributed by atoms with E-state index in [0.717, 1.165) is 37.2 Å². The standard InChI is InChI=1S/C18H27N3O2.ClH/c1-13(2)12-16(22)20-14-6-8-15(9-7-14)21-17(23)18(3)10-4-5-11-19-18;/h6-9,13,19H,4-5,10-12H2,1-3H3,(H,20,22)(H,21,23);1H. The van der Waals surface area contributed by atoms with Crippen molar-refractivity contribution in [1.82, 2.24) is 5.32 Å². The zero-order valence-corrected chi connectivity index (χ0v) is 15.5. The van der Waals surface area contributed by atoms with Crippen molar-refractivity contribution >= 4 is 35.6 Å². The molecule has 1 saturated heterocycles. The van der Waals surface area contributed by atoms with E-state index < -0.39 is 5.54 Å². The second-order valence-corrected chi connectivity index (χ2v) is 6.89. The summed E-state index contributed by atoms with van der Waals surface area (Å²) in [5.74, 6) is 0.335. The molecule has 0 saturated carbocycles. The highest BCUT2D eigenvalue weighted by Crippen LogP contribution is 2.21. The molecule has 1 aromatic rings. The molecule has 0 aromatic heterocycles. The molecule has 1 aliphatic rings. The molecule has 1 aromatic carbocycles. The van der Waals surface area contributed by atoms with E-state index in [2.05, 4.69) is 16.0 Å². The molecule has 1 aliphatic heterocycles. The Balaban J connectivity index is 0.00000288. The van der Waals surface area contributed by atoms with E-state index in [1.165, 1.54) is 0 Å². The van der Waals surface area contributed by atoms with E-state index in [-0.39, 0.29) is 24.2 Å². The largest absolute Gasteiger partial charge is 0.326 e. The molecule has 3 N–H and O–H groups in total. The molecule has 0 bridgehead atoms. The number of amides is 2. The molecule has 1 unspecified atom stereocenters. The Morgan fingerprint density at radius 1 is 1.12 bits per heavy atom. The number of anilines is 2. The zero-order chi connectivity index (χ0) is 16.9. The van der Waals surface area contributed by atoms with Crippen LogP contribution in [-0.4, -0.2) is 23.9 Å². The lowest BCUT2D eigenvalue weighted by Crippen LogP contribution is -2.54. The first-order chi connectivity index (χ1) is 10.9. The second kappa shape index (κ2) is 9.04. The molecule has 0 aliphatic carbocycles. The first-order valence-corrected chi connectivity index (χ1v) is 8.35. The van der Waals surface area contributed by atoms with Gasteiger partial charge in [0, 0.05) is 17.8 Å². The van der Waals surface area contributed by atoms with Gasteiger partial charge in [0.1, 0.15) is 0 Å². The summed E-state index contributed by atoms with van der Waals surface area (Å²) in [5.41, 5.74) is 0.990. The number of rotatable bonds is 5. The molecule has 2 amide bonds. The number of hydrogen-bond donors (Lipinski definition) is 3. The van der Waals surface area contributed by atoms with Gasteiger partial charge in [-0.15, -0.1) is 12.4 Å². The number of nitrogens with one attached hydrogen (secondary N) is 3. The summed E-state index contributed by atoms with van der Waals surface area (Å²) in [6.07, 6.45) is 3.54. The Labute approximate surface area is 150 Å². The van der Waals surface area contributed by atoms with Crippen LogP contribution in [0.3, 0.4) is 0 Å². The van der Waals surface area contributed by atoms with Gasteiger partial charge in [-0.3, -0.25) is 9.59 Å². The van der Waals surface area contributed by atoms with Crippen LogP contribution in [-0.2, 0) is 9.59 Å². The Bertz CT molecular complexity index is 552. The quantitative estimate of drug-likeness (QED) is 0.758. The van der Waals surface area contributed by atoms with Crippen LogP contribution >= 0.6 is 12.4 Å². The summed E-state index contributed by atoms with van der Waals surface area (Å²) in [7, 11) is 0. The molecule has 6 heteroatoms. The third-order valence-corrected chi connectivity index (χ3v) is 4.14. The SMILES string of the molecule is CC(C)CC(=O)Nc1ccc(NC(=O)C2(C)CCCCN2)cc1.Cl. The Kier molecular flexibility index (Phi) is 7.70. The maximum Gasteiger partial charge on any atom is 0.244 e. The van der Waals surface area contributed by atoms with Crippen LogP contribution in [0.4, 0.5) is 11.4 Å². The molecule has 5 nitrogen and oxygen atoms in total. The fraction of sp³-hybridized carbons (Fsp3) is 0.556. The summed E-state index contributed by atoms with van der Waals surface area (Å²) in [4.78, 5) is 24.2. The molecule has 1 atom stereocenters. The van der Waals surface area contributed by atoms with Gasteiger partial charge in [-0.25, -0.2) is 0 Å². The normalized spacial score (nSPS) is 20.2. The summed E-state index contributed by atoms with van der Waals surface area (Å²) >= 11 is 0. The summed E-state index contributed by atoms with van der Waals surface area (Å²) in [6, 6.07) is 7.25. The van der Waals surface area contributed by atoms with Crippen molar-refractivity contribution in [2.45, 2.75) is 52.0 Å². The lowest BCUT2D eigenvalue weighted by atomic mass is 9.90. The van der Waals surface area contributed by atoms with Crippen molar-refractivity contribution in [1.29, 1.82) is 0 Å². The fourth-order valence-electron chi connectivity index (χ4n) is 2.74. The predicted octanol–water partition coefficient (Wildman–Crippen LogP) is 3.56.